The highest BCUT2D eigenvalue weighted by atomic mass is 32.1. The number of nitrogens with one attached hydrogen (secondary N) is 2. The molecule has 0 radical (unpaired) electrons. The van der Waals surface area contributed by atoms with Gasteiger partial charge in [0, 0.05) is 48.7 Å². The van der Waals surface area contributed by atoms with Gasteiger partial charge in [-0.3, -0.25) is 14.9 Å². The molecule has 3 aromatic carbocycles. The normalized spacial score (nSPS) is 13.1. The van der Waals surface area contributed by atoms with Gasteiger partial charge in [0.2, 0.25) is 0 Å². The smallest absolute Gasteiger partial charge is 0.257 e. The predicted molar refractivity (Wildman–Crippen MR) is 158 cm³/mol. The summed E-state index contributed by atoms with van der Waals surface area (Å²) in [6.07, 6.45) is 0. The fourth-order valence-corrected chi connectivity index (χ4v) is 4.38. The third-order valence-corrected chi connectivity index (χ3v) is 6.50. The molecular formula is C30H34N4O4S. The molecule has 1 aliphatic heterocycles. The molecule has 2 N–H and O–H groups in total. The molecule has 3 aromatic rings. The number of carbonyl (C=O) groups excluding carboxylic acids is 2. The van der Waals surface area contributed by atoms with E-state index in [1.54, 1.807) is 49.6 Å². The molecule has 0 aliphatic carbocycles. The molecule has 1 heterocycles. The van der Waals surface area contributed by atoms with Gasteiger partial charge in [0.05, 0.1) is 13.7 Å². The molecule has 1 fully saturated rings. The molecule has 1 saturated heterocycles. The van der Waals surface area contributed by atoms with Crippen molar-refractivity contribution in [2.24, 2.45) is 5.92 Å². The Bertz CT molecular complexity index is 1290. The van der Waals surface area contributed by atoms with Crippen LogP contribution >= 0.6 is 12.2 Å². The molecule has 0 bridgehead atoms. The number of benzene rings is 3. The van der Waals surface area contributed by atoms with Crippen LogP contribution in [0, 0.1) is 5.92 Å². The van der Waals surface area contributed by atoms with Gasteiger partial charge >= 0.3 is 0 Å². The van der Waals surface area contributed by atoms with E-state index in [1.165, 1.54) is 0 Å². The van der Waals surface area contributed by atoms with Crippen LogP contribution in [0.2, 0.25) is 0 Å². The number of methoxy groups -OCH3 is 1. The van der Waals surface area contributed by atoms with E-state index in [-0.39, 0.29) is 16.9 Å². The highest BCUT2D eigenvalue weighted by molar-refractivity contribution is 7.80. The van der Waals surface area contributed by atoms with E-state index < -0.39 is 0 Å². The monoisotopic (exact) mass is 546 g/mol. The molecular weight excluding hydrogens is 512 g/mol. The third kappa shape index (κ3) is 7.70. The molecule has 0 aromatic heterocycles. The second-order valence-corrected chi connectivity index (χ2v) is 10.1. The summed E-state index contributed by atoms with van der Waals surface area (Å²) in [5.74, 6) is 1.50. The van der Waals surface area contributed by atoms with Gasteiger partial charge in [-0.25, -0.2) is 0 Å². The Morgan fingerprint density at radius 3 is 2.23 bits per heavy atom. The zero-order chi connectivity index (χ0) is 27.8. The van der Waals surface area contributed by atoms with Gasteiger partial charge in [-0.1, -0.05) is 19.9 Å². The first-order valence-corrected chi connectivity index (χ1v) is 13.4. The molecule has 8 nitrogen and oxygen atoms in total. The minimum absolute atomic E-state index is 0.0298. The van der Waals surface area contributed by atoms with Crippen LogP contribution in [0.3, 0.4) is 0 Å². The first kappa shape index (κ1) is 27.9. The maximum Gasteiger partial charge on any atom is 0.257 e. The van der Waals surface area contributed by atoms with Crippen molar-refractivity contribution in [1.82, 2.24) is 10.2 Å². The second-order valence-electron chi connectivity index (χ2n) is 9.70. The fourth-order valence-electron chi connectivity index (χ4n) is 4.17. The SMILES string of the molecule is COc1ccc(C(=O)N2CCN(c3ccc(NC(=S)NC(=O)c4cccc(OCC(C)C)c4)cc3)CC2)cc1. The van der Waals surface area contributed by atoms with Crippen LogP contribution in [0.1, 0.15) is 34.6 Å². The van der Waals surface area contributed by atoms with Crippen molar-refractivity contribution in [3.05, 3.63) is 83.9 Å². The number of ether oxygens (including phenoxy) is 2. The molecule has 0 atom stereocenters. The summed E-state index contributed by atoms with van der Waals surface area (Å²) in [5, 5.41) is 6.00. The van der Waals surface area contributed by atoms with Crippen molar-refractivity contribution in [3.8, 4) is 11.5 Å². The van der Waals surface area contributed by atoms with Crippen LogP contribution in [0.4, 0.5) is 11.4 Å². The third-order valence-electron chi connectivity index (χ3n) is 6.30. The topological polar surface area (TPSA) is 83.1 Å². The number of nitrogens with zero attached hydrogens (tertiary/aromatic N) is 2. The van der Waals surface area contributed by atoms with E-state index in [2.05, 4.69) is 29.4 Å². The number of piperazine rings is 1. The number of rotatable bonds is 8. The highest BCUT2D eigenvalue weighted by Gasteiger charge is 2.22. The van der Waals surface area contributed by atoms with Crippen LogP contribution in [0.25, 0.3) is 0 Å². The molecule has 2 amide bonds. The van der Waals surface area contributed by atoms with Crippen LogP contribution in [0.5, 0.6) is 11.5 Å². The van der Waals surface area contributed by atoms with Crippen molar-refractivity contribution in [3.63, 3.8) is 0 Å². The Kier molecular flexibility index (Phi) is 9.38. The number of hydrogen-bond donors (Lipinski definition) is 2. The largest absolute Gasteiger partial charge is 0.497 e. The van der Waals surface area contributed by atoms with Crippen molar-refractivity contribution < 1.29 is 19.1 Å². The molecule has 204 valence electrons. The summed E-state index contributed by atoms with van der Waals surface area (Å²) in [6, 6.07) is 22.1. The van der Waals surface area contributed by atoms with Crippen molar-refractivity contribution in [2.45, 2.75) is 13.8 Å². The minimum atomic E-state index is -0.304. The predicted octanol–water partition coefficient (Wildman–Crippen LogP) is 4.82. The van der Waals surface area contributed by atoms with Gasteiger partial charge < -0.3 is 24.6 Å². The van der Waals surface area contributed by atoms with Crippen LogP contribution in [0.15, 0.2) is 72.8 Å². The van der Waals surface area contributed by atoms with E-state index in [0.717, 1.165) is 30.2 Å². The lowest BCUT2D eigenvalue weighted by Crippen LogP contribution is -2.48. The average molecular weight is 547 g/mol. The summed E-state index contributed by atoms with van der Waals surface area (Å²) in [5.41, 5.74) is 2.96. The zero-order valence-corrected chi connectivity index (χ0v) is 23.3. The van der Waals surface area contributed by atoms with Crippen molar-refractivity contribution in [2.75, 3.05) is 50.1 Å². The van der Waals surface area contributed by atoms with Gasteiger partial charge in [0.25, 0.3) is 11.8 Å². The average Bonchev–Trinajstić information content (AvgIpc) is 2.96. The fraction of sp³-hybridized carbons (Fsp3) is 0.300. The summed E-state index contributed by atoms with van der Waals surface area (Å²) in [7, 11) is 1.61. The summed E-state index contributed by atoms with van der Waals surface area (Å²) >= 11 is 5.35. The molecule has 0 saturated carbocycles. The van der Waals surface area contributed by atoms with Gasteiger partial charge in [-0.05, 0) is 84.9 Å². The molecule has 4 rings (SSSR count). The lowest BCUT2D eigenvalue weighted by Gasteiger charge is -2.36. The lowest BCUT2D eigenvalue weighted by atomic mass is 10.1. The van der Waals surface area contributed by atoms with Gasteiger partial charge in [-0.2, -0.15) is 0 Å². The van der Waals surface area contributed by atoms with E-state index >= 15 is 0 Å². The minimum Gasteiger partial charge on any atom is -0.497 e. The number of hydrogen-bond acceptors (Lipinski definition) is 6. The quantitative estimate of drug-likeness (QED) is 0.392. The highest BCUT2D eigenvalue weighted by Crippen LogP contribution is 2.21. The Morgan fingerprint density at radius 2 is 1.59 bits per heavy atom. The summed E-state index contributed by atoms with van der Waals surface area (Å²) < 4.78 is 10.9. The number of anilines is 2. The van der Waals surface area contributed by atoms with E-state index in [9.17, 15) is 9.59 Å². The Labute approximate surface area is 234 Å². The molecule has 9 heteroatoms. The maximum absolute atomic E-state index is 12.8. The van der Waals surface area contributed by atoms with Gasteiger partial charge in [-0.15, -0.1) is 0 Å². The molecule has 39 heavy (non-hydrogen) atoms. The van der Waals surface area contributed by atoms with E-state index in [0.29, 0.717) is 42.5 Å². The zero-order valence-electron chi connectivity index (χ0n) is 22.5. The van der Waals surface area contributed by atoms with Gasteiger partial charge in [0.15, 0.2) is 5.11 Å². The van der Waals surface area contributed by atoms with E-state index in [4.69, 9.17) is 21.7 Å². The molecule has 1 aliphatic rings. The summed E-state index contributed by atoms with van der Waals surface area (Å²) in [6.45, 7) is 7.49. The number of carbonyl (C=O) groups is 2. The van der Waals surface area contributed by atoms with Crippen molar-refractivity contribution in [1.29, 1.82) is 0 Å². The standard InChI is InChI=1S/C30H34N4O4S/c1-21(2)20-38-27-6-4-5-23(19-27)28(35)32-30(39)31-24-9-11-25(12-10-24)33-15-17-34(18-16-33)29(36)22-7-13-26(37-3)14-8-22/h4-14,19,21H,15-18,20H2,1-3H3,(H2,31,32,35,39). The second kappa shape index (κ2) is 13.1. The summed E-state index contributed by atoms with van der Waals surface area (Å²) in [4.78, 5) is 29.6. The van der Waals surface area contributed by atoms with Crippen LogP contribution in [-0.4, -0.2) is 61.7 Å². The Hall–Kier alpha value is -4.11. The van der Waals surface area contributed by atoms with E-state index in [1.807, 2.05) is 35.2 Å². The van der Waals surface area contributed by atoms with Crippen molar-refractivity contribution >= 4 is 40.5 Å². The number of amides is 2. The Morgan fingerprint density at radius 1 is 0.897 bits per heavy atom. The van der Waals surface area contributed by atoms with Crippen LogP contribution < -0.4 is 25.0 Å². The lowest BCUT2D eigenvalue weighted by molar-refractivity contribution is 0.0746. The Balaban J connectivity index is 1.26. The number of thiocarbonyl (C=S) groups is 1. The van der Waals surface area contributed by atoms with Gasteiger partial charge in [0.1, 0.15) is 11.5 Å². The maximum atomic E-state index is 12.8. The molecule has 0 spiro atoms. The first-order chi connectivity index (χ1) is 18.8. The molecule has 0 unspecified atom stereocenters. The van der Waals surface area contributed by atoms with Crippen LogP contribution in [-0.2, 0) is 0 Å². The first-order valence-electron chi connectivity index (χ1n) is 13.0.